The van der Waals surface area contributed by atoms with Crippen LogP contribution in [-0.2, 0) is 12.7 Å². The van der Waals surface area contributed by atoms with Crippen molar-refractivity contribution in [2.75, 3.05) is 12.8 Å². The van der Waals surface area contributed by atoms with Crippen molar-refractivity contribution < 1.29 is 17.6 Å². The van der Waals surface area contributed by atoms with Crippen LogP contribution < -0.4 is 5.32 Å². The largest absolute Gasteiger partial charge is 0.416 e. The Hall–Kier alpha value is -0.750. The van der Waals surface area contributed by atoms with E-state index in [1.165, 1.54) is 0 Å². The van der Waals surface area contributed by atoms with Gasteiger partial charge >= 0.3 is 6.18 Å². The summed E-state index contributed by atoms with van der Waals surface area (Å²) >= 11 is 1.77. The molecule has 1 nitrogen and oxygen atoms in total. The lowest BCUT2D eigenvalue weighted by atomic mass is 10.1. The summed E-state index contributed by atoms with van der Waals surface area (Å²) in [5.41, 5.74) is -0.612. The maximum atomic E-state index is 13.2. The van der Waals surface area contributed by atoms with Gasteiger partial charge in [0.15, 0.2) is 0 Å². The van der Waals surface area contributed by atoms with Gasteiger partial charge < -0.3 is 5.32 Å². The van der Waals surface area contributed by atoms with Gasteiger partial charge in [-0.1, -0.05) is 0 Å². The third-order valence-corrected chi connectivity index (χ3v) is 4.72. The van der Waals surface area contributed by atoms with E-state index in [4.69, 9.17) is 0 Å². The highest BCUT2D eigenvalue weighted by molar-refractivity contribution is 8.00. The number of rotatable bonds is 5. The average Bonchev–Trinajstić information content (AvgIpc) is 3.08. The summed E-state index contributed by atoms with van der Waals surface area (Å²) in [5, 5.41) is 3.11. The lowest BCUT2D eigenvalue weighted by Crippen LogP contribution is -2.25. The highest BCUT2D eigenvalue weighted by Gasteiger charge is 2.41. The van der Waals surface area contributed by atoms with Gasteiger partial charge in [0.1, 0.15) is 5.82 Å². The molecule has 2 rings (SSSR count). The van der Waals surface area contributed by atoms with Crippen LogP contribution in [0.25, 0.3) is 0 Å². The molecule has 1 aliphatic rings. The Balaban J connectivity index is 1.98. The highest BCUT2D eigenvalue weighted by atomic mass is 32.2. The van der Waals surface area contributed by atoms with Gasteiger partial charge in [-0.3, -0.25) is 0 Å². The van der Waals surface area contributed by atoms with Crippen molar-refractivity contribution in [3.63, 3.8) is 0 Å². The van der Waals surface area contributed by atoms with Crippen molar-refractivity contribution in [3.05, 3.63) is 35.1 Å². The van der Waals surface area contributed by atoms with E-state index < -0.39 is 17.6 Å². The molecule has 0 atom stereocenters. The van der Waals surface area contributed by atoms with Gasteiger partial charge in [0.25, 0.3) is 0 Å². The van der Waals surface area contributed by atoms with E-state index in [9.17, 15) is 17.6 Å². The molecule has 0 heterocycles. The minimum absolute atomic E-state index is 0.236. The molecule has 106 valence electrons. The fourth-order valence-electron chi connectivity index (χ4n) is 1.94. The third kappa shape index (κ3) is 3.86. The van der Waals surface area contributed by atoms with Crippen LogP contribution in [0.2, 0.25) is 0 Å². The SMILES string of the molecule is CSC1(CNCc2cc(F)cc(C(F)(F)F)c2)CC1. The molecule has 0 saturated heterocycles. The van der Waals surface area contributed by atoms with Gasteiger partial charge in [0.05, 0.1) is 5.56 Å². The van der Waals surface area contributed by atoms with Gasteiger partial charge in [-0.25, -0.2) is 4.39 Å². The van der Waals surface area contributed by atoms with E-state index in [0.717, 1.165) is 31.5 Å². The van der Waals surface area contributed by atoms with Crippen molar-refractivity contribution in [3.8, 4) is 0 Å². The Kier molecular flexibility index (Phi) is 4.11. The zero-order chi connectivity index (χ0) is 14.1. The molecule has 6 heteroatoms. The van der Waals surface area contributed by atoms with Crippen molar-refractivity contribution in [1.82, 2.24) is 5.32 Å². The Morgan fingerprint density at radius 2 is 1.95 bits per heavy atom. The van der Waals surface area contributed by atoms with E-state index in [2.05, 4.69) is 5.32 Å². The quantitative estimate of drug-likeness (QED) is 0.828. The van der Waals surface area contributed by atoms with Crippen LogP contribution in [-0.4, -0.2) is 17.5 Å². The minimum atomic E-state index is -4.51. The third-order valence-electron chi connectivity index (χ3n) is 3.30. The molecule has 0 bridgehead atoms. The van der Waals surface area contributed by atoms with Crippen LogP contribution in [0, 0.1) is 5.82 Å². The number of benzene rings is 1. The van der Waals surface area contributed by atoms with Crippen LogP contribution in [0.5, 0.6) is 0 Å². The maximum Gasteiger partial charge on any atom is 0.416 e. The zero-order valence-electron chi connectivity index (χ0n) is 10.5. The highest BCUT2D eigenvalue weighted by Crippen LogP contribution is 2.46. The molecule has 0 unspecified atom stereocenters. The van der Waals surface area contributed by atoms with Gasteiger partial charge in [-0.05, 0) is 42.9 Å². The molecular weight excluding hydrogens is 278 g/mol. The summed E-state index contributed by atoms with van der Waals surface area (Å²) in [6.45, 7) is 0.995. The topological polar surface area (TPSA) is 12.0 Å². The zero-order valence-corrected chi connectivity index (χ0v) is 11.3. The smallest absolute Gasteiger partial charge is 0.311 e. The van der Waals surface area contributed by atoms with Crippen molar-refractivity contribution in [2.24, 2.45) is 0 Å². The van der Waals surface area contributed by atoms with Crippen LogP contribution in [0.3, 0.4) is 0 Å². The fourth-order valence-corrected chi connectivity index (χ4v) is 2.70. The predicted molar refractivity (Wildman–Crippen MR) is 68.6 cm³/mol. The summed E-state index contributed by atoms with van der Waals surface area (Å²) in [7, 11) is 0. The summed E-state index contributed by atoms with van der Waals surface area (Å²) in [6, 6.07) is 2.66. The molecule has 1 aromatic rings. The Bertz CT molecular complexity index is 454. The second-order valence-electron chi connectivity index (χ2n) is 4.84. The lowest BCUT2D eigenvalue weighted by Gasteiger charge is -2.14. The standard InChI is InChI=1S/C13H15F4NS/c1-19-12(2-3-12)8-18-7-9-4-10(13(15,16)17)6-11(14)5-9/h4-6,18H,2-3,7-8H2,1H3. The van der Waals surface area contributed by atoms with Gasteiger partial charge in [0.2, 0.25) is 0 Å². The number of halogens is 4. The number of hydrogen-bond donors (Lipinski definition) is 1. The summed E-state index contributed by atoms with van der Waals surface area (Å²) in [4.78, 5) is 0. The first-order chi connectivity index (χ1) is 8.85. The molecule has 1 aromatic carbocycles. The van der Waals surface area contributed by atoms with Crippen molar-refractivity contribution in [2.45, 2.75) is 30.3 Å². The van der Waals surface area contributed by atoms with Crippen LogP contribution in [0.1, 0.15) is 24.0 Å². The average molecular weight is 293 g/mol. The summed E-state index contributed by atoms with van der Waals surface area (Å²) in [5.74, 6) is -0.849. The second kappa shape index (κ2) is 5.32. The molecule has 0 radical (unpaired) electrons. The van der Waals surface area contributed by atoms with Gasteiger partial charge in [0, 0.05) is 17.8 Å². The van der Waals surface area contributed by atoms with Crippen LogP contribution >= 0.6 is 11.8 Å². The number of hydrogen-bond acceptors (Lipinski definition) is 2. The van der Waals surface area contributed by atoms with E-state index in [0.29, 0.717) is 11.6 Å². The summed E-state index contributed by atoms with van der Waals surface area (Å²) in [6.07, 6.45) is -0.233. The fraction of sp³-hybridized carbons (Fsp3) is 0.538. The Morgan fingerprint density at radius 3 is 2.47 bits per heavy atom. The Morgan fingerprint density at radius 1 is 1.26 bits per heavy atom. The maximum absolute atomic E-state index is 13.2. The monoisotopic (exact) mass is 293 g/mol. The molecule has 19 heavy (non-hydrogen) atoms. The van der Waals surface area contributed by atoms with E-state index >= 15 is 0 Å². The predicted octanol–water partition coefficient (Wildman–Crippen LogP) is 3.83. The number of alkyl halides is 3. The first kappa shape index (κ1) is 14.7. The molecule has 1 fully saturated rings. The number of nitrogens with one attached hydrogen (secondary N) is 1. The van der Waals surface area contributed by atoms with E-state index in [1.54, 1.807) is 11.8 Å². The van der Waals surface area contributed by atoms with E-state index in [1.807, 2.05) is 6.26 Å². The van der Waals surface area contributed by atoms with Crippen molar-refractivity contribution in [1.29, 1.82) is 0 Å². The molecule has 1 saturated carbocycles. The summed E-state index contributed by atoms with van der Waals surface area (Å²) < 4.78 is 51.0. The van der Waals surface area contributed by atoms with Gasteiger partial charge in [-0.2, -0.15) is 24.9 Å². The van der Waals surface area contributed by atoms with E-state index in [-0.39, 0.29) is 11.3 Å². The van der Waals surface area contributed by atoms with Crippen LogP contribution in [0.15, 0.2) is 18.2 Å². The molecule has 0 aromatic heterocycles. The lowest BCUT2D eigenvalue weighted by molar-refractivity contribution is -0.137. The molecular formula is C13H15F4NS. The molecule has 1 N–H and O–H groups in total. The minimum Gasteiger partial charge on any atom is -0.311 e. The second-order valence-corrected chi connectivity index (χ2v) is 6.11. The molecule has 1 aliphatic carbocycles. The Labute approximate surface area is 113 Å². The van der Waals surface area contributed by atoms with Crippen molar-refractivity contribution >= 4 is 11.8 Å². The number of thioether (sulfide) groups is 1. The van der Waals surface area contributed by atoms with Gasteiger partial charge in [-0.15, -0.1) is 0 Å². The molecule has 0 spiro atoms. The molecule has 0 amide bonds. The molecule has 0 aliphatic heterocycles. The first-order valence-corrected chi connectivity index (χ1v) is 7.20. The van der Waals surface area contributed by atoms with Crippen LogP contribution in [0.4, 0.5) is 17.6 Å². The normalized spacial score (nSPS) is 17.5. The first-order valence-electron chi connectivity index (χ1n) is 5.97.